The molecule has 1 amide bonds. The molecule has 238 valence electrons. The summed E-state index contributed by atoms with van der Waals surface area (Å²) in [5.41, 5.74) is 7.88. The minimum Gasteiger partial charge on any atom is -0.496 e. The Labute approximate surface area is 268 Å². The first-order chi connectivity index (χ1) is 22.0. The van der Waals surface area contributed by atoms with Gasteiger partial charge < -0.3 is 25.0 Å². The predicted octanol–water partition coefficient (Wildman–Crippen LogP) is 4.85. The molecule has 1 aliphatic heterocycles. The minimum atomic E-state index is -4.11. The van der Waals surface area contributed by atoms with Crippen molar-refractivity contribution in [3.8, 4) is 28.0 Å². The Balaban J connectivity index is 1.41. The Morgan fingerprint density at radius 3 is 2.63 bits per heavy atom. The van der Waals surface area contributed by atoms with E-state index >= 15 is 0 Å². The monoisotopic (exact) mass is 639 g/mol. The molecule has 0 bridgehead atoms. The molecule has 1 atom stereocenters. The third kappa shape index (κ3) is 5.77. The van der Waals surface area contributed by atoms with Crippen molar-refractivity contribution in [1.82, 2.24) is 25.2 Å². The average Bonchev–Trinajstić information content (AvgIpc) is 3.47. The molecule has 11 heteroatoms. The Morgan fingerprint density at radius 1 is 1.09 bits per heavy atom. The molecule has 0 unspecified atom stereocenters. The number of aryl methyl sites for hydroxylation is 2. The van der Waals surface area contributed by atoms with E-state index in [9.17, 15) is 18.3 Å². The Morgan fingerprint density at radius 2 is 1.89 bits per heavy atom. The van der Waals surface area contributed by atoms with Crippen LogP contribution in [0.1, 0.15) is 39.5 Å². The van der Waals surface area contributed by atoms with Crippen LogP contribution in [-0.2, 0) is 22.8 Å². The van der Waals surface area contributed by atoms with Gasteiger partial charge in [0.1, 0.15) is 11.3 Å². The number of methoxy groups -OCH3 is 1. The van der Waals surface area contributed by atoms with E-state index in [4.69, 9.17) is 4.74 Å². The summed E-state index contributed by atoms with van der Waals surface area (Å²) in [6, 6.07) is 14.8. The van der Waals surface area contributed by atoms with Crippen molar-refractivity contribution in [3.05, 3.63) is 88.7 Å². The molecule has 0 radical (unpaired) electrons. The number of likely N-dealkylation sites (N-methyl/N-ethyl adjacent to an activating group) is 1. The number of aliphatic hydroxyl groups is 1. The van der Waals surface area contributed by atoms with Crippen LogP contribution in [-0.4, -0.2) is 72.6 Å². The van der Waals surface area contributed by atoms with Crippen molar-refractivity contribution >= 4 is 26.9 Å². The van der Waals surface area contributed by atoms with E-state index in [-0.39, 0.29) is 22.4 Å². The molecule has 3 N–H and O–H groups in total. The van der Waals surface area contributed by atoms with Gasteiger partial charge in [-0.15, -0.1) is 0 Å². The van der Waals surface area contributed by atoms with Gasteiger partial charge in [0.2, 0.25) is 9.84 Å². The Bertz CT molecular complexity index is 2070. The normalized spacial score (nSPS) is 13.8. The fourth-order valence-corrected chi connectivity index (χ4v) is 7.53. The number of aromatic amines is 1. The summed E-state index contributed by atoms with van der Waals surface area (Å²) in [5.74, 6) is 0.527. The highest BCUT2D eigenvalue weighted by Gasteiger charge is 2.27. The summed E-state index contributed by atoms with van der Waals surface area (Å²) in [6.45, 7) is 7.09. The largest absolute Gasteiger partial charge is 0.496 e. The number of amides is 1. The first-order valence-corrected chi connectivity index (χ1v) is 16.6. The number of rotatable bonds is 8. The fourth-order valence-electron chi connectivity index (χ4n) is 6.08. The minimum absolute atomic E-state index is 0.147. The second-order valence-electron chi connectivity index (χ2n) is 11.9. The van der Waals surface area contributed by atoms with Gasteiger partial charge >= 0.3 is 0 Å². The smallest absolute Gasteiger partial charge is 0.253 e. The third-order valence-electron chi connectivity index (χ3n) is 8.42. The summed E-state index contributed by atoms with van der Waals surface area (Å²) >= 11 is 0. The lowest BCUT2D eigenvalue weighted by Crippen LogP contribution is -2.33. The van der Waals surface area contributed by atoms with E-state index < -0.39 is 15.9 Å². The summed E-state index contributed by atoms with van der Waals surface area (Å²) in [6.07, 6.45) is 3.20. The van der Waals surface area contributed by atoms with Crippen molar-refractivity contribution in [2.75, 3.05) is 27.2 Å². The standard InChI is InChI=1S/C35H37N5O5S/c1-20-6-8-27(25-14-24-10-11-36-16-28(24)30(15-25)45-5)31(12-20)46(43,44)32-18-38-34-33(39-32)29(17-37-34)23-7-9-26(21(2)13-23)35(42)40(4)19-22(3)41/h6-9,12-15,17-18,22,36,41H,10-11,16,19H2,1-5H3,(H,37,38)/t22-/m0/s1. The van der Waals surface area contributed by atoms with Gasteiger partial charge in [-0.2, -0.15) is 0 Å². The fraction of sp³-hybridized carbons (Fsp3) is 0.286. The summed E-state index contributed by atoms with van der Waals surface area (Å²) in [4.78, 5) is 26.8. The first-order valence-electron chi connectivity index (χ1n) is 15.1. The molecule has 10 nitrogen and oxygen atoms in total. The maximum Gasteiger partial charge on any atom is 0.253 e. The lowest BCUT2D eigenvalue weighted by Gasteiger charge is -2.22. The van der Waals surface area contributed by atoms with Gasteiger partial charge in [0.05, 0.1) is 24.3 Å². The number of hydrogen-bond donors (Lipinski definition) is 3. The molecule has 0 fully saturated rings. The second-order valence-corrected chi connectivity index (χ2v) is 13.8. The highest BCUT2D eigenvalue weighted by molar-refractivity contribution is 7.91. The molecule has 3 heterocycles. The molecule has 1 aliphatic rings. The molecule has 0 spiro atoms. The number of H-pyrrole nitrogens is 1. The highest BCUT2D eigenvalue weighted by atomic mass is 32.2. The lowest BCUT2D eigenvalue weighted by molar-refractivity contribution is 0.0703. The number of nitrogens with zero attached hydrogens (tertiary/aromatic N) is 3. The molecule has 3 aromatic carbocycles. The van der Waals surface area contributed by atoms with Crippen molar-refractivity contribution in [2.24, 2.45) is 0 Å². The van der Waals surface area contributed by atoms with Crippen LogP contribution in [0.4, 0.5) is 0 Å². The van der Waals surface area contributed by atoms with Crippen LogP contribution in [0.25, 0.3) is 33.4 Å². The van der Waals surface area contributed by atoms with Crippen LogP contribution >= 0.6 is 0 Å². The Kier molecular flexibility index (Phi) is 8.41. The van der Waals surface area contributed by atoms with E-state index in [1.54, 1.807) is 45.5 Å². The maximum absolute atomic E-state index is 14.3. The zero-order valence-corrected chi connectivity index (χ0v) is 27.3. The molecular formula is C35H37N5O5S. The lowest BCUT2D eigenvalue weighted by atomic mass is 9.94. The van der Waals surface area contributed by atoms with Gasteiger partial charge in [-0.1, -0.05) is 30.3 Å². The highest BCUT2D eigenvalue weighted by Crippen LogP contribution is 2.38. The van der Waals surface area contributed by atoms with Crippen LogP contribution in [0, 0.1) is 13.8 Å². The first kappa shape index (κ1) is 31.4. The number of aliphatic hydroxyl groups excluding tert-OH is 1. The zero-order chi connectivity index (χ0) is 32.7. The van der Waals surface area contributed by atoms with Gasteiger partial charge in [0, 0.05) is 48.6 Å². The van der Waals surface area contributed by atoms with E-state index in [1.165, 1.54) is 11.1 Å². The van der Waals surface area contributed by atoms with Gasteiger partial charge in [-0.25, -0.2) is 18.4 Å². The maximum atomic E-state index is 14.3. The number of nitrogens with one attached hydrogen (secondary N) is 2. The number of benzene rings is 3. The van der Waals surface area contributed by atoms with Crippen molar-refractivity contribution < 1.29 is 23.1 Å². The molecule has 2 aromatic heterocycles. The topological polar surface area (TPSA) is 138 Å². The number of aromatic nitrogens is 3. The Hall–Kier alpha value is -4.58. The number of carbonyl (C=O) groups excluding carboxylic acids is 1. The molecule has 0 saturated heterocycles. The van der Waals surface area contributed by atoms with E-state index in [2.05, 4.69) is 26.3 Å². The third-order valence-corrected chi connectivity index (χ3v) is 10.1. The van der Waals surface area contributed by atoms with E-state index in [0.717, 1.165) is 52.1 Å². The van der Waals surface area contributed by atoms with Crippen LogP contribution in [0.3, 0.4) is 0 Å². The summed E-state index contributed by atoms with van der Waals surface area (Å²) in [7, 11) is -0.827. The zero-order valence-electron chi connectivity index (χ0n) is 26.5. The molecule has 0 aliphatic carbocycles. The van der Waals surface area contributed by atoms with E-state index in [0.29, 0.717) is 34.4 Å². The number of sulfone groups is 1. The summed E-state index contributed by atoms with van der Waals surface area (Å²) in [5, 5.41) is 12.9. The van der Waals surface area contributed by atoms with Crippen LogP contribution < -0.4 is 10.1 Å². The predicted molar refractivity (Wildman–Crippen MR) is 177 cm³/mol. The molecule has 6 rings (SSSR count). The molecule has 0 saturated carbocycles. The number of hydrogen-bond acceptors (Lipinski definition) is 8. The van der Waals surface area contributed by atoms with Crippen molar-refractivity contribution in [2.45, 2.75) is 49.8 Å². The number of fused-ring (bicyclic) bond motifs is 2. The van der Waals surface area contributed by atoms with Gasteiger partial charge in [-0.3, -0.25) is 4.79 Å². The van der Waals surface area contributed by atoms with Crippen LogP contribution in [0.2, 0.25) is 0 Å². The SMILES string of the molecule is COc1cc(-c2ccc(C)cc2S(=O)(=O)c2cnc3[nH]cc(-c4ccc(C(=O)N(C)C[C@H](C)O)c(C)c4)c3n2)cc2c1CNCC2. The van der Waals surface area contributed by atoms with Crippen LogP contribution in [0.15, 0.2) is 70.8 Å². The van der Waals surface area contributed by atoms with Gasteiger partial charge in [-0.05, 0) is 79.8 Å². The van der Waals surface area contributed by atoms with E-state index in [1.807, 2.05) is 38.1 Å². The van der Waals surface area contributed by atoms with Crippen LogP contribution in [0.5, 0.6) is 5.75 Å². The molecule has 5 aromatic rings. The second kappa shape index (κ2) is 12.3. The molecular weight excluding hydrogens is 602 g/mol. The number of carbonyl (C=O) groups is 1. The van der Waals surface area contributed by atoms with Gasteiger partial charge in [0.15, 0.2) is 10.7 Å². The quantitative estimate of drug-likeness (QED) is 0.219. The molecule has 46 heavy (non-hydrogen) atoms. The summed E-state index contributed by atoms with van der Waals surface area (Å²) < 4.78 is 34.4. The van der Waals surface area contributed by atoms with Crippen molar-refractivity contribution in [1.29, 1.82) is 0 Å². The average molecular weight is 640 g/mol. The van der Waals surface area contributed by atoms with Crippen molar-refractivity contribution in [3.63, 3.8) is 0 Å². The van der Waals surface area contributed by atoms with Gasteiger partial charge in [0.25, 0.3) is 5.91 Å². The number of ether oxygens (including phenoxy) is 1.